The molecule has 0 bridgehead atoms. The molecule has 84 valence electrons. The fourth-order valence-corrected chi connectivity index (χ4v) is 2.34. The van der Waals surface area contributed by atoms with Gasteiger partial charge in [-0.3, -0.25) is 0 Å². The zero-order chi connectivity index (χ0) is 11.7. The smallest absolute Gasteiger partial charge is 0.140 e. The molecule has 5 nitrogen and oxygen atoms in total. The molecule has 0 atom stereocenters. The van der Waals surface area contributed by atoms with Crippen molar-refractivity contribution >= 4 is 33.3 Å². The predicted molar refractivity (Wildman–Crippen MR) is 66.8 cm³/mol. The van der Waals surface area contributed by atoms with Crippen molar-refractivity contribution in [2.45, 2.75) is 9.92 Å². The first kappa shape index (κ1) is 10.7. The van der Waals surface area contributed by atoms with Gasteiger partial charge in [-0.1, -0.05) is 27.7 Å². The summed E-state index contributed by atoms with van der Waals surface area (Å²) in [6.45, 7) is 0. The summed E-state index contributed by atoms with van der Waals surface area (Å²) in [5.41, 5.74) is 0.644. The topological polar surface area (TPSA) is 56.0 Å². The second-order valence-corrected chi connectivity index (χ2v) is 5.26. The molecule has 0 N–H and O–H groups in total. The van der Waals surface area contributed by atoms with Crippen LogP contribution in [0.15, 0.2) is 50.8 Å². The number of tetrazole rings is 1. The summed E-state index contributed by atoms with van der Waals surface area (Å²) in [7, 11) is 0. The van der Waals surface area contributed by atoms with E-state index >= 15 is 0 Å². The first-order chi connectivity index (χ1) is 8.31. The van der Waals surface area contributed by atoms with E-state index in [4.69, 9.17) is 0 Å². The van der Waals surface area contributed by atoms with Crippen molar-refractivity contribution in [1.29, 1.82) is 0 Å². The van der Waals surface area contributed by atoms with Crippen molar-refractivity contribution in [1.82, 2.24) is 25.3 Å². The van der Waals surface area contributed by atoms with Crippen molar-refractivity contribution in [2.75, 3.05) is 0 Å². The molecule has 0 saturated heterocycles. The number of aromatic nitrogens is 5. The Morgan fingerprint density at radius 3 is 2.71 bits per heavy atom. The van der Waals surface area contributed by atoms with Gasteiger partial charge in [0, 0.05) is 9.37 Å². The molecule has 2 heterocycles. The third-order valence-electron chi connectivity index (χ3n) is 2.08. The van der Waals surface area contributed by atoms with Gasteiger partial charge in [0.1, 0.15) is 5.03 Å². The summed E-state index contributed by atoms with van der Waals surface area (Å²) in [6.07, 6.45) is 0. The summed E-state index contributed by atoms with van der Waals surface area (Å²) < 4.78 is 2.48. The largest absolute Gasteiger partial charge is 0.200 e. The first-order valence-corrected chi connectivity index (χ1v) is 6.41. The number of halogens is 1. The zero-order valence-corrected chi connectivity index (χ0v) is 10.9. The zero-order valence-electron chi connectivity index (χ0n) is 8.49. The van der Waals surface area contributed by atoms with Crippen molar-refractivity contribution in [3.05, 3.63) is 40.9 Å². The van der Waals surface area contributed by atoms with Gasteiger partial charge in [0.05, 0.1) is 0 Å². The lowest BCUT2D eigenvalue weighted by molar-refractivity contribution is 0.702. The van der Waals surface area contributed by atoms with E-state index in [0.29, 0.717) is 5.65 Å². The van der Waals surface area contributed by atoms with E-state index in [1.54, 1.807) is 11.8 Å². The summed E-state index contributed by atoms with van der Waals surface area (Å²) in [5.74, 6) is 0. The van der Waals surface area contributed by atoms with Crippen molar-refractivity contribution in [3.63, 3.8) is 0 Å². The number of nitrogens with zero attached hydrogens (tertiary/aromatic N) is 5. The Hall–Kier alpha value is -1.47. The van der Waals surface area contributed by atoms with Gasteiger partial charge in [0.15, 0.2) is 5.65 Å². The second kappa shape index (κ2) is 4.42. The molecule has 0 amide bonds. The van der Waals surface area contributed by atoms with E-state index in [2.05, 4.69) is 36.6 Å². The van der Waals surface area contributed by atoms with Crippen LogP contribution in [0.25, 0.3) is 5.65 Å². The Bertz CT molecular complexity index is 651. The molecule has 2 aromatic heterocycles. The molecule has 0 saturated carbocycles. The Morgan fingerprint density at radius 1 is 1.06 bits per heavy atom. The molecule has 17 heavy (non-hydrogen) atoms. The van der Waals surface area contributed by atoms with Crippen LogP contribution < -0.4 is 0 Å². The number of rotatable bonds is 2. The van der Waals surface area contributed by atoms with Gasteiger partial charge >= 0.3 is 0 Å². The summed E-state index contributed by atoms with van der Waals surface area (Å²) in [4.78, 5) is 1.12. The summed E-state index contributed by atoms with van der Waals surface area (Å²) in [5, 5.41) is 16.2. The highest BCUT2D eigenvalue weighted by molar-refractivity contribution is 9.10. The molecular weight excluding hydrogens is 302 g/mol. The minimum Gasteiger partial charge on any atom is -0.140 e. The lowest BCUT2D eigenvalue weighted by Crippen LogP contribution is -1.94. The van der Waals surface area contributed by atoms with Crippen molar-refractivity contribution in [3.8, 4) is 0 Å². The second-order valence-electron chi connectivity index (χ2n) is 3.25. The van der Waals surface area contributed by atoms with Gasteiger partial charge in [0.2, 0.25) is 0 Å². The molecule has 1 aromatic carbocycles. The lowest BCUT2D eigenvalue weighted by atomic mass is 10.4. The van der Waals surface area contributed by atoms with Crippen LogP contribution in [0.3, 0.4) is 0 Å². The number of hydrogen-bond donors (Lipinski definition) is 0. The molecule has 0 aliphatic rings. The van der Waals surface area contributed by atoms with Gasteiger partial charge in [-0.15, -0.1) is 14.8 Å². The first-order valence-electron chi connectivity index (χ1n) is 4.80. The molecule has 0 aliphatic heterocycles. The highest BCUT2D eigenvalue weighted by Gasteiger charge is 2.02. The van der Waals surface area contributed by atoms with Crippen molar-refractivity contribution in [2.24, 2.45) is 0 Å². The van der Waals surface area contributed by atoms with Crippen LogP contribution in [0.4, 0.5) is 0 Å². The van der Waals surface area contributed by atoms with E-state index in [9.17, 15) is 0 Å². The number of hydrogen-bond acceptors (Lipinski definition) is 5. The normalized spacial score (nSPS) is 10.9. The van der Waals surface area contributed by atoms with Crippen LogP contribution in [0.2, 0.25) is 0 Å². The molecule has 3 aromatic rings. The van der Waals surface area contributed by atoms with Crippen LogP contribution in [0, 0.1) is 0 Å². The fraction of sp³-hybridized carbons (Fsp3) is 0. The maximum absolute atomic E-state index is 4.28. The van der Waals surface area contributed by atoms with Crippen LogP contribution >= 0.6 is 27.7 Å². The third-order valence-corrected chi connectivity index (χ3v) is 3.54. The molecular formula is C10H6BrN5S. The summed E-state index contributed by atoms with van der Waals surface area (Å²) in [6, 6.07) is 11.8. The fourth-order valence-electron chi connectivity index (χ4n) is 1.31. The Labute approximate surface area is 109 Å². The van der Waals surface area contributed by atoms with Crippen LogP contribution in [0.5, 0.6) is 0 Å². The number of fused-ring (bicyclic) bond motifs is 1. The standard InChI is InChI=1S/C10H6BrN5S/c11-7-1-3-8(4-2-7)17-10-6-5-9-12-14-15-16(9)13-10/h1-6H. The Kier molecular flexibility index (Phi) is 2.77. The quantitative estimate of drug-likeness (QED) is 0.728. The van der Waals surface area contributed by atoms with Gasteiger partial charge < -0.3 is 0 Å². The number of benzene rings is 1. The third kappa shape index (κ3) is 2.29. The van der Waals surface area contributed by atoms with E-state index in [1.807, 2.05) is 36.4 Å². The van der Waals surface area contributed by atoms with Crippen LogP contribution in [-0.4, -0.2) is 25.3 Å². The van der Waals surface area contributed by atoms with Gasteiger partial charge in [0.25, 0.3) is 0 Å². The lowest BCUT2D eigenvalue weighted by Gasteiger charge is -2.00. The molecule has 3 rings (SSSR count). The Balaban J connectivity index is 1.91. The van der Waals surface area contributed by atoms with Gasteiger partial charge in [-0.2, -0.15) is 0 Å². The molecule has 0 aliphatic carbocycles. The van der Waals surface area contributed by atoms with Crippen LogP contribution in [0.1, 0.15) is 0 Å². The van der Waals surface area contributed by atoms with Gasteiger partial charge in [-0.05, 0) is 46.8 Å². The van der Waals surface area contributed by atoms with E-state index < -0.39 is 0 Å². The molecule has 0 radical (unpaired) electrons. The Morgan fingerprint density at radius 2 is 1.88 bits per heavy atom. The SMILES string of the molecule is Brc1ccc(Sc2ccc3nnnn3n2)cc1. The average Bonchev–Trinajstić information content (AvgIpc) is 2.79. The highest BCUT2D eigenvalue weighted by atomic mass is 79.9. The minimum absolute atomic E-state index is 0.644. The molecule has 0 fully saturated rings. The van der Waals surface area contributed by atoms with E-state index in [-0.39, 0.29) is 0 Å². The highest BCUT2D eigenvalue weighted by Crippen LogP contribution is 2.26. The van der Waals surface area contributed by atoms with E-state index in [0.717, 1.165) is 14.4 Å². The maximum Gasteiger partial charge on any atom is 0.200 e. The molecule has 7 heteroatoms. The molecule has 0 unspecified atom stereocenters. The van der Waals surface area contributed by atoms with Crippen molar-refractivity contribution < 1.29 is 0 Å². The monoisotopic (exact) mass is 307 g/mol. The minimum atomic E-state index is 0.644. The summed E-state index contributed by atoms with van der Waals surface area (Å²) >= 11 is 4.97. The molecule has 0 spiro atoms. The van der Waals surface area contributed by atoms with Crippen LogP contribution in [-0.2, 0) is 0 Å². The van der Waals surface area contributed by atoms with Gasteiger partial charge in [-0.25, -0.2) is 0 Å². The maximum atomic E-state index is 4.28. The van der Waals surface area contributed by atoms with E-state index in [1.165, 1.54) is 4.63 Å². The predicted octanol–water partition coefficient (Wildman–Crippen LogP) is 2.43. The average molecular weight is 308 g/mol.